The Morgan fingerprint density at radius 1 is 1.26 bits per heavy atom. The summed E-state index contributed by atoms with van der Waals surface area (Å²) in [5, 5.41) is 6.30. The minimum atomic E-state index is -0.541. The summed E-state index contributed by atoms with van der Waals surface area (Å²) in [4.78, 5) is 20.4. The van der Waals surface area contributed by atoms with Gasteiger partial charge >= 0.3 is 6.09 Å². The van der Waals surface area contributed by atoms with Gasteiger partial charge in [0.15, 0.2) is 0 Å². The van der Waals surface area contributed by atoms with E-state index in [1.807, 2.05) is 45.0 Å². The lowest BCUT2D eigenvalue weighted by Gasteiger charge is -2.42. The maximum absolute atomic E-state index is 12.2. The summed E-state index contributed by atoms with van der Waals surface area (Å²) in [5.41, 5.74) is 1.01. The molecule has 0 saturated heterocycles. The first kappa shape index (κ1) is 20.1. The number of hydrogen-bond donors (Lipinski definition) is 2. The molecule has 1 aliphatic rings. The van der Waals surface area contributed by atoms with Crippen LogP contribution in [0.25, 0.3) is 0 Å². The van der Waals surface area contributed by atoms with E-state index in [-0.39, 0.29) is 16.9 Å². The fourth-order valence-electron chi connectivity index (χ4n) is 2.88. The van der Waals surface area contributed by atoms with Gasteiger partial charge in [-0.2, -0.15) is 4.98 Å². The zero-order valence-corrected chi connectivity index (χ0v) is 18.4. The zero-order chi connectivity index (χ0) is 19.7. The van der Waals surface area contributed by atoms with Crippen molar-refractivity contribution in [3.05, 3.63) is 44.9 Å². The molecular weight excluding hydrogens is 479 g/mol. The van der Waals surface area contributed by atoms with Crippen LogP contribution in [0.1, 0.15) is 45.6 Å². The smallest absolute Gasteiger partial charge is 0.408 e. The Kier molecular flexibility index (Phi) is 5.81. The molecule has 2 aromatic rings. The zero-order valence-electron chi connectivity index (χ0n) is 15.5. The van der Waals surface area contributed by atoms with E-state index in [9.17, 15) is 4.79 Å². The number of alkyl carbamates (subject to hydrolysis) is 1. The van der Waals surface area contributed by atoms with Gasteiger partial charge in [-0.25, -0.2) is 9.78 Å². The van der Waals surface area contributed by atoms with E-state index in [0.29, 0.717) is 5.82 Å². The van der Waals surface area contributed by atoms with Crippen LogP contribution in [0, 0.1) is 3.57 Å². The lowest BCUT2D eigenvalue weighted by Crippen LogP contribution is -2.47. The average molecular weight is 501 g/mol. The lowest BCUT2D eigenvalue weighted by atomic mass is 9.75. The normalized spacial score (nSPS) is 15.6. The topological polar surface area (TPSA) is 76.1 Å². The minimum absolute atomic E-state index is 0.196. The van der Waals surface area contributed by atoms with E-state index >= 15 is 0 Å². The highest BCUT2D eigenvalue weighted by Crippen LogP contribution is 2.45. The minimum Gasteiger partial charge on any atom is -0.438 e. The van der Waals surface area contributed by atoms with Gasteiger partial charge in [-0.15, -0.1) is 0 Å². The molecule has 6 nitrogen and oxygen atoms in total. The average Bonchev–Trinajstić information content (AvgIpc) is 2.54. The summed E-state index contributed by atoms with van der Waals surface area (Å²) in [5.74, 6) is 0.655. The summed E-state index contributed by atoms with van der Waals surface area (Å²) in [6, 6.07) is 7.88. The Morgan fingerprint density at radius 2 is 1.93 bits per heavy atom. The summed E-state index contributed by atoms with van der Waals surface area (Å²) in [7, 11) is 0. The Labute approximate surface area is 177 Å². The molecule has 1 heterocycles. The van der Waals surface area contributed by atoms with Crippen molar-refractivity contribution in [2.45, 2.75) is 51.2 Å². The van der Waals surface area contributed by atoms with Crippen molar-refractivity contribution in [3.8, 4) is 0 Å². The molecule has 1 amide bonds. The molecule has 0 unspecified atom stereocenters. The van der Waals surface area contributed by atoms with Gasteiger partial charge in [-0.3, -0.25) is 0 Å². The van der Waals surface area contributed by atoms with Gasteiger partial charge in [0.05, 0.1) is 3.57 Å². The Hall–Kier alpha value is -1.61. The molecule has 0 bridgehead atoms. The van der Waals surface area contributed by atoms with Crippen LogP contribution in [0.15, 0.2) is 30.5 Å². The van der Waals surface area contributed by atoms with Crippen LogP contribution in [0.5, 0.6) is 0 Å². The number of carbonyl (C=O) groups is 1. The molecule has 1 saturated carbocycles. The first-order valence-corrected chi connectivity index (χ1v) is 10.2. The summed E-state index contributed by atoms with van der Waals surface area (Å²) in [6.07, 6.45) is 3.99. The van der Waals surface area contributed by atoms with E-state index in [1.54, 1.807) is 6.20 Å². The van der Waals surface area contributed by atoms with Crippen molar-refractivity contribution in [2.24, 2.45) is 0 Å². The Balaban J connectivity index is 1.73. The molecule has 1 aromatic carbocycles. The Morgan fingerprint density at radius 3 is 2.48 bits per heavy atom. The molecule has 1 aliphatic carbocycles. The first-order valence-electron chi connectivity index (χ1n) is 8.74. The number of nitrogens with one attached hydrogen (secondary N) is 2. The van der Waals surface area contributed by atoms with Gasteiger partial charge in [0.25, 0.3) is 0 Å². The van der Waals surface area contributed by atoms with Gasteiger partial charge in [0.2, 0.25) is 5.28 Å². The quantitative estimate of drug-likeness (QED) is 0.435. The molecule has 1 aromatic heterocycles. The lowest BCUT2D eigenvalue weighted by molar-refractivity contribution is -0.0549. The number of anilines is 2. The number of carbonyl (C=O) groups excluding carboxylic acids is 1. The molecule has 8 heteroatoms. The number of ether oxygens (including phenoxy) is 1. The number of aromatic nitrogens is 2. The van der Waals surface area contributed by atoms with Crippen molar-refractivity contribution in [2.75, 3.05) is 5.32 Å². The molecule has 1 fully saturated rings. The van der Waals surface area contributed by atoms with Crippen LogP contribution in [0.4, 0.5) is 16.3 Å². The number of amides is 1. The van der Waals surface area contributed by atoms with Crippen LogP contribution in [-0.4, -0.2) is 21.6 Å². The van der Waals surface area contributed by atoms with E-state index < -0.39 is 5.60 Å². The van der Waals surface area contributed by atoms with Crippen molar-refractivity contribution in [1.29, 1.82) is 0 Å². The van der Waals surface area contributed by atoms with Gasteiger partial charge in [0.1, 0.15) is 11.4 Å². The van der Waals surface area contributed by atoms with E-state index in [2.05, 4.69) is 43.2 Å². The molecule has 3 rings (SSSR count). The number of halogens is 2. The highest BCUT2D eigenvalue weighted by Gasteiger charge is 2.43. The maximum atomic E-state index is 12.2. The van der Waals surface area contributed by atoms with E-state index in [0.717, 1.165) is 34.1 Å². The second kappa shape index (κ2) is 7.79. The van der Waals surface area contributed by atoms with Crippen LogP contribution >= 0.6 is 34.2 Å². The van der Waals surface area contributed by atoms with Crippen LogP contribution in [0.2, 0.25) is 5.28 Å². The van der Waals surface area contributed by atoms with Crippen LogP contribution in [-0.2, 0) is 10.3 Å². The van der Waals surface area contributed by atoms with E-state index in [4.69, 9.17) is 16.3 Å². The predicted molar refractivity (Wildman–Crippen MR) is 114 cm³/mol. The van der Waals surface area contributed by atoms with Crippen molar-refractivity contribution >= 4 is 51.8 Å². The van der Waals surface area contributed by atoms with Crippen LogP contribution < -0.4 is 10.6 Å². The molecule has 144 valence electrons. The van der Waals surface area contributed by atoms with Crippen molar-refractivity contribution in [1.82, 2.24) is 15.3 Å². The number of nitrogens with zero attached hydrogens (tertiary/aromatic N) is 2. The standard InChI is InChI=1S/C19H22ClIN4O2/c1-18(2,3)25-17(26)27-19(9-4-10-19)12-5-7-13(8-6-12)23-15-14(21)11-22-16(20)24-15/h5-8,11H,4,9-10H2,1-3H3,(H,25,26)(H,22,23,24). The largest absolute Gasteiger partial charge is 0.438 e. The van der Waals surface area contributed by atoms with E-state index in [1.165, 1.54) is 0 Å². The van der Waals surface area contributed by atoms with Gasteiger partial charge in [0, 0.05) is 17.4 Å². The van der Waals surface area contributed by atoms with Gasteiger partial charge in [-0.05, 0) is 91.9 Å². The molecule has 2 N–H and O–H groups in total. The fourth-order valence-corrected chi connectivity index (χ4v) is 3.41. The molecule has 27 heavy (non-hydrogen) atoms. The highest BCUT2D eigenvalue weighted by atomic mass is 127. The molecule has 0 spiro atoms. The molecular formula is C19H22ClIN4O2. The number of benzene rings is 1. The van der Waals surface area contributed by atoms with Gasteiger partial charge < -0.3 is 15.4 Å². The first-order chi connectivity index (χ1) is 12.7. The SMILES string of the molecule is CC(C)(C)NC(=O)OC1(c2ccc(Nc3nc(Cl)ncc3I)cc2)CCC1. The monoisotopic (exact) mass is 500 g/mol. The molecule has 0 atom stereocenters. The Bertz CT molecular complexity index is 833. The van der Waals surface area contributed by atoms with Crippen LogP contribution in [0.3, 0.4) is 0 Å². The van der Waals surface area contributed by atoms with Gasteiger partial charge in [-0.1, -0.05) is 12.1 Å². The second-order valence-electron chi connectivity index (χ2n) is 7.65. The van der Waals surface area contributed by atoms with Crippen molar-refractivity contribution in [3.63, 3.8) is 0 Å². The second-order valence-corrected chi connectivity index (χ2v) is 9.15. The third kappa shape index (κ3) is 5.01. The molecule has 0 aliphatic heterocycles. The summed E-state index contributed by atoms with van der Waals surface area (Å²) < 4.78 is 6.69. The number of hydrogen-bond acceptors (Lipinski definition) is 5. The summed E-state index contributed by atoms with van der Waals surface area (Å²) >= 11 is 8.02. The van der Waals surface area contributed by atoms with Crippen molar-refractivity contribution < 1.29 is 9.53 Å². The summed E-state index contributed by atoms with van der Waals surface area (Å²) in [6.45, 7) is 5.80. The predicted octanol–water partition coefficient (Wildman–Crippen LogP) is 5.38. The highest BCUT2D eigenvalue weighted by molar-refractivity contribution is 14.1. The molecule has 0 radical (unpaired) electrons. The third-order valence-corrected chi connectivity index (χ3v) is 5.29. The number of rotatable bonds is 4. The maximum Gasteiger partial charge on any atom is 0.408 e. The fraction of sp³-hybridized carbons (Fsp3) is 0.421. The third-order valence-electron chi connectivity index (χ3n) is 4.31.